The number of carbonyl (C=O) groups is 1. The van der Waals surface area contributed by atoms with E-state index in [2.05, 4.69) is 37.9 Å². The monoisotopic (exact) mass is 303 g/mol. The molecule has 1 fully saturated rings. The zero-order chi connectivity index (χ0) is 16.3. The molecule has 1 heterocycles. The average Bonchev–Trinajstić information content (AvgIpc) is 2.36. The largest absolute Gasteiger partial charge is 0.399 e. The van der Waals surface area contributed by atoms with E-state index in [1.807, 2.05) is 18.2 Å². The summed E-state index contributed by atoms with van der Waals surface area (Å²) in [5.41, 5.74) is 7.23. The van der Waals surface area contributed by atoms with E-state index in [0.29, 0.717) is 17.5 Å². The molecule has 0 spiro atoms. The topological polar surface area (TPSA) is 58.4 Å². The van der Waals surface area contributed by atoms with Gasteiger partial charge in [-0.25, -0.2) is 0 Å². The summed E-state index contributed by atoms with van der Waals surface area (Å²) in [4.78, 5) is 15.1. The normalized spacial score (nSPS) is 24.2. The molecule has 3 unspecified atom stereocenters. The van der Waals surface area contributed by atoms with Crippen LogP contribution in [0.4, 0.5) is 11.4 Å². The van der Waals surface area contributed by atoms with Gasteiger partial charge in [0.1, 0.15) is 0 Å². The second kappa shape index (κ2) is 7.14. The van der Waals surface area contributed by atoms with Gasteiger partial charge in [-0.2, -0.15) is 0 Å². The number of hydrogen-bond acceptors (Lipinski definition) is 3. The summed E-state index contributed by atoms with van der Waals surface area (Å²) >= 11 is 0. The summed E-state index contributed by atoms with van der Waals surface area (Å²) in [6.07, 6.45) is 1.25. The Labute approximate surface area is 134 Å². The zero-order valence-electron chi connectivity index (χ0n) is 14.2. The van der Waals surface area contributed by atoms with Gasteiger partial charge in [-0.3, -0.25) is 9.69 Å². The highest BCUT2D eigenvalue weighted by Gasteiger charge is 2.33. The lowest BCUT2D eigenvalue weighted by molar-refractivity contribution is -0.124. The van der Waals surface area contributed by atoms with Crippen LogP contribution >= 0.6 is 0 Å². The van der Waals surface area contributed by atoms with Crippen molar-refractivity contribution in [2.45, 2.75) is 40.2 Å². The van der Waals surface area contributed by atoms with Crippen molar-refractivity contribution >= 4 is 17.3 Å². The van der Waals surface area contributed by atoms with Crippen molar-refractivity contribution in [2.24, 2.45) is 17.8 Å². The van der Waals surface area contributed by atoms with Crippen LogP contribution < -0.4 is 11.1 Å². The predicted molar refractivity (Wildman–Crippen MR) is 92.6 cm³/mol. The molecule has 1 aromatic carbocycles. The van der Waals surface area contributed by atoms with E-state index in [-0.39, 0.29) is 17.9 Å². The average molecular weight is 303 g/mol. The highest BCUT2D eigenvalue weighted by atomic mass is 16.2. The number of nitrogen functional groups attached to an aromatic ring is 1. The molecule has 1 saturated heterocycles. The fraction of sp³-hybridized carbons (Fsp3) is 0.611. The van der Waals surface area contributed by atoms with Gasteiger partial charge in [0.15, 0.2) is 0 Å². The number of nitrogens with two attached hydrogens (primary N) is 1. The second-order valence-corrected chi connectivity index (χ2v) is 7.20. The number of nitrogens with zero attached hydrogens (tertiary/aromatic N) is 1. The van der Waals surface area contributed by atoms with Crippen LogP contribution in [-0.2, 0) is 4.79 Å². The molecule has 22 heavy (non-hydrogen) atoms. The summed E-state index contributed by atoms with van der Waals surface area (Å²) < 4.78 is 0. The first-order valence-corrected chi connectivity index (χ1v) is 8.27. The molecule has 0 saturated carbocycles. The van der Waals surface area contributed by atoms with Crippen LogP contribution in [0.3, 0.4) is 0 Å². The van der Waals surface area contributed by atoms with Crippen molar-refractivity contribution in [3.05, 3.63) is 24.3 Å². The van der Waals surface area contributed by atoms with E-state index in [4.69, 9.17) is 5.73 Å². The van der Waals surface area contributed by atoms with Gasteiger partial charge in [0, 0.05) is 24.5 Å². The third-order valence-electron chi connectivity index (χ3n) is 4.34. The molecule has 1 aliphatic rings. The number of benzene rings is 1. The minimum Gasteiger partial charge on any atom is -0.399 e. The SMILES string of the molecule is CC1CC(C)CN(C(C(=O)Nc2cccc(N)c2)C(C)C)C1. The number of carbonyl (C=O) groups excluding carboxylic acids is 1. The van der Waals surface area contributed by atoms with Crippen LogP contribution in [0, 0.1) is 17.8 Å². The number of amides is 1. The van der Waals surface area contributed by atoms with Gasteiger partial charge < -0.3 is 11.1 Å². The van der Waals surface area contributed by atoms with E-state index < -0.39 is 0 Å². The van der Waals surface area contributed by atoms with Gasteiger partial charge in [0.05, 0.1) is 6.04 Å². The number of piperidine rings is 1. The molecule has 0 aromatic heterocycles. The minimum absolute atomic E-state index is 0.0712. The quantitative estimate of drug-likeness (QED) is 0.840. The smallest absolute Gasteiger partial charge is 0.241 e. The first kappa shape index (κ1) is 16.8. The van der Waals surface area contributed by atoms with Crippen LogP contribution in [0.2, 0.25) is 0 Å². The molecule has 122 valence electrons. The van der Waals surface area contributed by atoms with Gasteiger partial charge >= 0.3 is 0 Å². The van der Waals surface area contributed by atoms with Gasteiger partial charge in [0.25, 0.3) is 0 Å². The molecule has 3 N–H and O–H groups in total. The van der Waals surface area contributed by atoms with E-state index in [0.717, 1.165) is 18.8 Å². The van der Waals surface area contributed by atoms with Crippen LogP contribution in [0.25, 0.3) is 0 Å². The fourth-order valence-corrected chi connectivity index (χ4v) is 3.66. The summed E-state index contributed by atoms with van der Waals surface area (Å²) in [6, 6.07) is 7.28. The minimum atomic E-state index is -0.0911. The Balaban J connectivity index is 2.11. The Morgan fingerprint density at radius 3 is 2.45 bits per heavy atom. The van der Waals surface area contributed by atoms with Gasteiger partial charge in [0.2, 0.25) is 5.91 Å². The highest BCUT2D eigenvalue weighted by Crippen LogP contribution is 2.26. The molecule has 0 radical (unpaired) electrons. The Morgan fingerprint density at radius 2 is 1.91 bits per heavy atom. The fourth-order valence-electron chi connectivity index (χ4n) is 3.66. The number of likely N-dealkylation sites (tertiary alicyclic amines) is 1. The molecule has 1 aromatic rings. The van der Waals surface area contributed by atoms with E-state index in [1.54, 1.807) is 6.07 Å². The number of rotatable bonds is 4. The van der Waals surface area contributed by atoms with Crippen LogP contribution in [0.1, 0.15) is 34.1 Å². The maximum absolute atomic E-state index is 12.8. The number of anilines is 2. The van der Waals surface area contributed by atoms with Crippen LogP contribution in [-0.4, -0.2) is 29.9 Å². The van der Waals surface area contributed by atoms with Crippen molar-refractivity contribution in [1.29, 1.82) is 0 Å². The van der Waals surface area contributed by atoms with Crippen LogP contribution in [0.5, 0.6) is 0 Å². The van der Waals surface area contributed by atoms with Crippen molar-refractivity contribution in [1.82, 2.24) is 4.90 Å². The molecule has 4 heteroatoms. The summed E-state index contributed by atoms with van der Waals surface area (Å²) in [6.45, 7) is 10.8. The number of nitrogens with one attached hydrogen (secondary N) is 1. The molecule has 0 bridgehead atoms. The third-order valence-corrected chi connectivity index (χ3v) is 4.34. The molecular formula is C18H29N3O. The van der Waals surface area contributed by atoms with Gasteiger partial charge in [-0.15, -0.1) is 0 Å². The molecular weight excluding hydrogens is 274 g/mol. The maximum Gasteiger partial charge on any atom is 0.241 e. The standard InChI is InChI=1S/C18H29N3O/c1-12(2)17(21-10-13(3)8-14(4)11-21)18(22)20-16-7-5-6-15(19)9-16/h5-7,9,12-14,17H,8,10-11,19H2,1-4H3,(H,20,22). The summed E-state index contributed by atoms with van der Waals surface area (Å²) in [7, 11) is 0. The molecule has 0 aliphatic carbocycles. The van der Waals surface area contributed by atoms with Crippen molar-refractivity contribution < 1.29 is 4.79 Å². The Morgan fingerprint density at radius 1 is 1.27 bits per heavy atom. The first-order valence-electron chi connectivity index (χ1n) is 8.27. The Kier molecular flexibility index (Phi) is 5.46. The number of hydrogen-bond donors (Lipinski definition) is 2. The molecule has 2 rings (SSSR count). The van der Waals surface area contributed by atoms with Crippen LogP contribution in [0.15, 0.2) is 24.3 Å². The lowest BCUT2D eigenvalue weighted by Gasteiger charge is -2.41. The maximum atomic E-state index is 12.8. The van der Waals surface area contributed by atoms with E-state index >= 15 is 0 Å². The van der Waals surface area contributed by atoms with Crippen molar-refractivity contribution in [2.75, 3.05) is 24.1 Å². The molecule has 1 amide bonds. The lowest BCUT2D eigenvalue weighted by atomic mass is 9.88. The third kappa shape index (κ3) is 4.23. The Hall–Kier alpha value is -1.55. The van der Waals surface area contributed by atoms with E-state index in [1.165, 1.54) is 6.42 Å². The molecule has 3 atom stereocenters. The van der Waals surface area contributed by atoms with E-state index in [9.17, 15) is 4.79 Å². The summed E-state index contributed by atoms with van der Waals surface area (Å²) in [5.74, 6) is 1.63. The lowest BCUT2D eigenvalue weighted by Crippen LogP contribution is -2.52. The van der Waals surface area contributed by atoms with Crippen molar-refractivity contribution in [3.63, 3.8) is 0 Å². The second-order valence-electron chi connectivity index (χ2n) is 7.20. The Bertz CT molecular complexity index is 505. The van der Waals surface area contributed by atoms with Crippen molar-refractivity contribution in [3.8, 4) is 0 Å². The predicted octanol–water partition coefficient (Wildman–Crippen LogP) is 3.21. The van der Waals surface area contributed by atoms with Gasteiger partial charge in [-0.1, -0.05) is 33.8 Å². The zero-order valence-corrected chi connectivity index (χ0v) is 14.2. The molecule has 4 nitrogen and oxygen atoms in total. The summed E-state index contributed by atoms with van der Waals surface area (Å²) in [5, 5.41) is 3.03. The highest BCUT2D eigenvalue weighted by molar-refractivity contribution is 5.95. The first-order chi connectivity index (χ1) is 10.4. The van der Waals surface area contributed by atoms with Gasteiger partial charge in [-0.05, 0) is 42.4 Å². The molecule has 1 aliphatic heterocycles.